The largest absolute Gasteiger partial charge is 0.263 e. The molecule has 0 heterocycles. The predicted octanol–water partition coefficient (Wildman–Crippen LogP) is 4.00. The summed E-state index contributed by atoms with van der Waals surface area (Å²) in [5.41, 5.74) is 3.80. The van der Waals surface area contributed by atoms with Crippen molar-refractivity contribution < 1.29 is 0 Å². The van der Waals surface area contributed by atoms with Crippen molar-refractivity contribution in [2.24, 2.45) is 4.99 Å². The Morgan fingerprint density at radius 1 is 1.36 bits per heavy atom. The molecule has 0 atom stereocenters. The fraction of sp³-hybridized carbons (Fsp3) is 0.417. The van der Waals surface area contributed by atoms with Gasteiger partial charge in [-0.25, -0.2) is 0 Å². The standard InChI is InChI=1S/C12H17NS/c1-5-10-7-8-11(13-4)12(9(10)3)14-6-2/h7-8H,4-6H2,1-3H3. The van der Waals surface area contributed by atoms with Gasteiger partial charge in [-0.3, -0.25) is 4.99 Å². The third-order valence-electron chi connectivity index (χ3n) is 2.34. The minimum Gasteiger partial charge on any atom is -0.263 e. The number of hydrogen-bond acceptors (Lipinski definition) is 2. The van der Waals surface area contributed by atoms with E-state index in [2.05, 4.69) is 44.6 Å². The Bertz CT molecular complexity index is 331. The van der Waals surface area contributed by atoms with Crippen LogP contribution in [0.25, 0.3) is 0 Å². The highest BCUT2D eigenvalue weighted by Crippen LogP contribution is 2.34. The van der Waals surface area contributed by atoms with Gasteiger partial charge in [-0.2, -0.15) is 0 Å². The van der Waals surface area contributed by atoms with E-state index in [0.717, 1.165) is 17.9 Å². The molecule has 0 saturated carbocycles. The second-order valence-corrected chi connectivity index (χ2v) is 4.42. The Morgan fingerprint density at radius 3 is 2.57 bits per heavy atom. The van der Waals surface area contributed by atoms with Crippen LogP contribution in [0.5, 0.6) is 0 Å². The molecule has 0 aromatic heterocycles. The van der Waals surface area contributed by atoms with E-state index < -0.39 is 0 Å². The van der Waals surface area contributed by atoms with Crippen LogP contribution in [-0.4, -0.2) is 12.5 Å². The lowest BCUT2D eigenvalue weighted by Gasteiger charge is -2.11. The molecule has 0 bridgehead atoms. The van der Waals surface area contributed by atoms with Crippen molar-refractivity contribution in [3.8, 4) is 0 Å². The molecule has 0 amide bonds. The number of rotatable bonds is 4. The molecule has 14 heavy (non-hydrogen) atoms. The van der Waals surface area contributed by atoms with Crippen LogP contribution >= 0.6 is 11.8 Å². The third-order valence-corrected chi connectivity index (χ3v) is 3.43. The van der Waals surface area contributed by atoms with E-state index in [4.69, 9.17) is 0 Å². The monoisotopic (exact) mass is 207 g/mol. The summed E-state index contributed by atoms with van der Waals surface area (Å²) in [6.07, 6.45) is 1.08. The first kappa shape index (κ1) is 11.3. The van der Waals surface area contributed by atoms with Crippen molar-refractivity contribution >= 4 is 24.2 Å². The maximum Gasteiger partial charge on any atom is 0.0761 e. The van der Waals surface area contributed by atoms with Crippen molar-refractivity contribution in [3.05, 3.63) is 23.3 Å². The lowest BCUT2D eigenvalue weighted by molar-refractivity contribution is 1.08. The molecule has 1 rings (SSSR count). The highest BCUT2D eigenvalue weighted by molar-refractivity contribution is 7.99. The van der Waals surface area contributed by atoms with Crippen molar-refractivity contribution in [2.45, 2.75) is 32.1 Å². The first-order chi connectivity index (χ1) is 6.74. The third kappa shape index (κ3) is 2.18. The van der Waals surface area contributed by atoms with Crippen LogP contribution in [0.2, 0.25) is 0 Å². The first-order valence-electron chi connectivity index (χ1n) is 4.96. The molecule has 76 valence electrons. The maximum atomic E-state index is 4.05. The minimum absolute atomic E-state index is 1.02. The Labute approximate surface area is 90.6 Å². The second kappa shape index (κ2) is 5.20. The van der Waals surface area contributed by atoms with Crippen LogP contribution < -0.4 is 0 Å². The minimum atomic E-state index is 1.02. The normalized spacial score (nSPS) is 10.2. The highest BCUT2D eigenvalue weighted by atomic mass is 32.2. The average Bonchev–Trinajstić information content (AvgIpc) is 2.21. The molecule has 0 fully saturated rings. The van der Waals surface area contributed by atoms with Gasteiger partial charge >= 0.3 is 0 Å². The zero-order valence-electron chi connectivity index (χ0n) is 9.13. The highest BCUT2D eigenvalue weighted by Gasteiger charge is 2.07. The van der Waals surface area contributed by atoms with Crippen molar-refractivity contribution in [3.63, 3.8) is 0 Å². The van der Waals surface area contributed by atoms with Crippen LogP contribution in [0.3, 0.4) is 0 Å². The Morgan fingerprint density at radius 2 is 2.07 bits per heavy atom. The topological polar surface area (TPSA) is 12.4 Å². The van der Waals surface area contributed by atoms with Gasteiger partial charge in [-0.15, -0.1) is 11.8 Å². The van der Waals surface area contributed by atoms with Crippen LogP contribution in [0, 0.1) is 6.92 Å². The van der Waals surface area contributed by atoms with Gasteiger partial charge in [0.05, 0.1) is 5.69 Å². The molecule has 0 radical (unpaired) electrons. The van der Waals surface area contributed by atoms with Gasteiger partial charge in [-0.1, -0.05) is 19.9 Å². The van der Waals surface area contributed by atoms with E-state index in [0.29, 0.717) is 0 Å². The van der Waals surface area contributed by atoms with Gasteiger partial charge < -0.3 is 0 Å². The fourth-order valence-electron chi connectivity index (χ4n) is 1.55. The van der Waals surface area contributed by atoms with Crippen molar-refractivity contribution in [1.29, 1.82) is 0 Å². The smallest absolute Gasteiger partial charge is 0.0761 e. The summed E-state index contributed by atoms with van der Waals surface area (Å²) in [4.78, 5) is 5.35. The quantitative estimate of drug-likeness (QED) is 0.537. The Hall–Kier alpha value is -0.760. The molecule has 1 aromatic carbocycles. The van der Waals surface area contributed by atoms with E-state index in [1.165, 1.54) is 16.0 Å². The summed E-state index contributed by atoms with van der Waals surface area (Å²) in [6.45, 7) is 10.1. The molecule has 1 aromatic rings. The summed E-state index contributed by atoms with van der Waals surface area (Å²) in [5, 5.41) is 0. The van der Waals surface area contributed by atoms with Gasteiger partial charge in [0.2, 0.25) is 0 Å². The van der Waals surface area contributed by atoms with Gasteiger partial charge in [0.15, 0.2) is 0 Å². The Balaban J connectivity index is 3.23. The summed E-state index contributed by atoms with van der Waals surface area (Å²) in [5.74, 6) is 1.08. The van der Waals surface area contributed by atoms with Crippen LogP contribution in [0.1, 0.15) is 25.0 Å². The molecule has 0 aliphatic carbocycles. The van der Waals surface area contributed by atoms with Crippen molar-refractivity contribution in [2.75, 3.05) is 5.75 Å². The SMILES string of the molecule is C=Nc1ccc(CC)c(C)c1SCC. The predicted molar refractivity (Wildman–Crippen MR) is 66.2 cm³/mol. The van der Waals surface area contributed by atoms with Gasteiger partial charge in [0.1, 0.15) is 0 Å². The van der Waals surface area contributed by atoms with E-state index in [1.807, 2.05) is 11.8 Å². The summed E-state index contributed by atoms with van der Waals surface area (Å²) in [6, 6.07) is 4.22. The van der Waals surface area contributed by atoms with E-state index >= 15 is 0 Å². The lowest BCUT2D eigenvalue weighted by Crippen LogP contribution is -1.90. The van der Waals surface area contributed by atoms with Crippen LogP contribution in [0.15, 0.2) is 22.0 Å². The summed E-state index contributed by atoms with van der Waals surface area (Å²) in [7, 11) is 0. The molecular weight excluding hydrogens is 190 g/mol. The van der Waals surface area contributed by atoms with E-state index in [1.54, 1.807) is 0 Å². The number of aryl methyl sites for hydroxylation is 1. The second-order valence-electron chi connectivity index (χ2n) is 3.14. The van der Waals surface area contributed by atoms with Gasteiger partial charge in [0.25, 0.3) is 0 Å². The van der Waals surface area contributed by atoms with E-state index in [-0.39, 0.29) is 0 Å². The molecule has 1 nitrogen and oxygen atoms in total. The van der Waals surface area contributed by atoms with Gasteiger partial charge in [0, 0.05) is 4.90 Å². The molecular formula is C12H17NS. The Kier molecular flexibility index (Phi) is 4.21. The van der Waals surface area contributed by atoms with E-state index in [9.17, 15) is 0 Å². The lowest BCUT2D eigenvalue weighted by atomic mass is 10.1. The molecule has 0 unspecified atom stereocenters. The molecule has 0 aliphatic heterocycles. The first-order valence-corrected chi connectivity index (χ1v) is 5.95. The molecule has 0 N–H and O–H groups in total. The number of thioether (sulfide) groups is 1. The molecule has 0 spiro atoms. The van der Waals surface area contributed by atoms with Crippen LogP contribution in [0.4, 0.5) is 5.69 Å². The van der Waals surface area contributed by atoms with Crippen LogP contribution in [-0.2, 0) is 6.42 Å². The summed E-state index contributed by atoms with van der Waals surface area (Å²) < 4.78 is 0. The molecule has 0 saturated heterocycles. The van der Waals surface area contributed by atoms with Gasteiger partial charge in [-0.05, 0) is 43.0 Å². The maximum absolute atomic E-state index is 4.05. The number of aliphatic imine (C=N–C) groups is 1. The summed E-state index contributed by atoms with van der Waals surface area (Å²) >= 11 is 1.85. The fourth-order valence-corrected chi connectivity index (χ4v) is 2.47. The number of hydrogen-bond donors (Lipinski definition) is 0. The zero-order chi connectivity index (χ0) is 10.6. The average molecular weight is 207 g/mol. The number of nitrogens with zero attached hydrogens (tertiary/aromatic N) is 1. The number of benzene rings is 1. The van der Waals surface area contributed by atoms with Crippen molar-refractivity contribution in [1.82, 2.24) is 0 Å². The molecule has 2 heteroatoms. The zero-order valence-corrected chi connectivity index (χ0v) is 9.95. The molecule has 0 aliphatic rings.